The zero-order chi connectivity index (χ0) is 18.7. The van der Waals surface area contributed by atoms with Crippen molar-refractivity contribution in [3.8, 4) is 0 Å². The van der Waals surface area contributed by atoms with Crippen molar-refractivity contribution in [1.82, 2.24) is 5.32 Å². The molecule has 3 rings (SSSR count). The summed E-state index contributed by atoms with van der Waals surface area (Å²) >= 11 is 2.71. The normalized spacial score (nSPS) is 16.0. The smallest absolute Gasteiger partial charge is 0.230 e. The number of carbonyl (C=O) groups is 2. The molecular weight excluding hydrogens is 376 g/mol. The van der Waals surface area contributed by atoms with E-state index < -0.39 is 5.82 Å². The molecule has 7 heteroatoms. The van der Waals surface area contributed by atoms with E-state index in [9.17, 15) is 18.4 Å². The topological polar surface area (TPSA) is 46.2 Å². The Balaban J connectivity index is 1.62. The van der Waals surface area contributed by atoms with Gasteiger partial charge in [0.25, 0.3) is 0 Å². The molecule has 0 bridgehead atoms. The molecule has 3 nitrogen and oxygen atoms in total. The first-order valence-electron chi connectivity index (χ1n) is 8.09. The molecule has 1 aliphatic heterocycles. The molecule has 1 aliphatic rings. The number of halogens is 2. The van der Waals surface area contributed by atoms with Crippen molar-refractivity contribution in [1.29, 1.82) is 0 Å². The number of amides is 1. The summed E-state index contributed by atoms with van der Waals surface area (Å²) in [5.74, 6) is -0.399. The highest BCUT2D eigenvalue weighted by molar-refractivity contribution is 8.00. The van der Waals surface area contributed by atoms with Gasteiger partial charge in [0, 0.05) is 21.1 Å². The van der Waals surface area contributed by atoms with Gasteiger partial charge in [0.05, 0.1) is 11.8 Å². The Hall–Kier alpha value is -1.86. The van der Waals surface area contributed by atoms with Gasteiger partial charge >= 0.3 is 0 Å². The van der Waals surface area contributed by atoms with Crippen LogP contribution in [0.25, 0.3) is 0 Å². The number of thioether (sulfide) groups is 2. The maximum Gasteiger partial charge on any atom is 0.230 e. The van der Waals surface area contributed by atoms with Crippen LogP contribution in [-0.4, -0.2) is 23.2 Å². The van der Waals surface area contributed by atoms with Crippen molar-refractivity contribution in [3.63, 3.8) is 0 Å². The predicted octanol–water partition coefficient (Wildman–Crippen LogP) is 4.61. The lowest BCUT2D eigenvalue weighted by molar-refractivity contribution is -0.119. The fraction of sp³-hybridized carbons (Fsp3) is 0.263. The van der Waals surface area contributed by atoms with Gasteiger partial charge in [-0.05, 0) is 49.2 Å². The van der Waals surface area contributed by atoms with Crippen LogP contribution >= 0.6 is 23.5 Å². The summed E-state index contributed by atoms with van der Waals surface area (Å²) in [4.78, 5) is 24.8. The van der Waals surface area contributed by atoms with Crippen LogP contribution in [0.1, 0.15) is 35.3 Å². The minimum Gasteiger partial charge on any atom is -0.348 e. The lowest BCUT2D eigenvalue weighted by atomic mass is 10.0. The first kappa shape index (κ1) is 18.9. The van der Waals surface area contributed by atoms with Gasteiger partial charge in [-0.25, -0.2) is 8.78 Å². The molecule has 1 amide bonds. The van der Waals surface area contributed by atoms with Crippen molar-refractivity contribution in [2.24, 2.45) is 0 Å². The SMILES string of the molecule is CC(=O)c1ccc(SCC(=O)NC2CCSc3ccc(F)cc32)c(F)c1. The van der Waals surface area contributed by atoms with E-state index in [-0.39, 0.29) is 29.3 Å². The summed E-state index contributed by atoms with van der Waals surface area (Å²) in [5, 5.41) is 2.91. The summed E-state index contributed by atoms with van der Waals surface area (Å²) in [5.41, 5.74) is 1.09. The summed E-state index contributed by atoms with van der Waals surface area (Å²) < 4.78 is 27.5. The molecule has 1 atom stereocenters. The van der Waals surface area contributed by atoms with Crippen LogP contribution < -0.4 is 5.32 Å². The first-order chi connectivity index (χ1) is 12.4. The fourth-order valence-corrected chi connectivity index (χ4v) is 4.57. The molecular formula is C19H17F2NO2S2. The third kappa shape index (κ3) is 4.45. The molecule has 2 aromatic carbocycles. The zero-order valence-electron chi connectivity index (χ0n) is 14.1. The molecule has 2 aromatic rings. The van der Waals surface area contributed by atoms with Crippen LogP contribution in [0.2, 0.25) is 0 Å². The second-order valence-electron chi connectivity index (χ2n) is 5.93. The molecule has 0 aromatic heterocycles. The van der Waals surface area contributed by atoms with Crippen molar-refractivity contribution in [2.75, 3.05) is 11.5 Å². The number of carbonyl (C=O) groups excluding carboxylic acids is 2. The third-order valence-electron chi connectivity index (χ3n) is 4.04. The Morgan fingerprint density at radius 1 is 1.23 bits per heavy atom. The average molecular weight is 393 g/mol. The lowest BCUT2D eigenvalue weighted by Gasteiger charge is -2.26. The molecule has 1 unspecified atom stereocenters. The van der Waals surface area contributed by atoms with Crippen molar-refractivity contribution in [2.45, 2.75) is 29.2 Å². The molecule has 0 radical (unpaired) electrons. The van der Waals surface area contributed by atoms with Crippen molar-refractivity contribution >= 4 is 35.2 Å². The van der Waals surface area contributed by atoms with Gasteiger partial charge in [-0.3, -0.25) is 9.59 Å². The van der Waals surface area contributed by atoms with E-state index in [1.54, 1.807) is 23.9 Å². The number of ketones is 1. The minimum atomic E-state index is -0.517. The summed E-state index contributed by atoms with van der Waals surface area (Å²) in [6, 6.07) is 8.60. The van der Waals surface area contributed by atoms with Gasteiger partial charge < -0.3 is 5.32 Å². The highest BCUT2D eigenvalue weighted by atomic mass is 32.2. The van der Waals surface area contributed by atoms with Crippen LogP contribution in [0.4, 0.5) is 8.78 Å². The van der Waals surface area contributed by atoms with E-state index in [0.29, 0.717) is 10.5 Å². The predicted molar refractivity (Wildman–Crippen MR) is 99.8 cm³/mol. The lowest BCUT2D eigenvalue weighted by Crippen LogP contribution is -2.32. The standard InChI is InChI=1S/C19H17F2NO2S2/c1-11(23)12-2-4-18(15(21)8-12)26-10-19(24)22-16-6-7-25-17-5-3-13(20)9-14(16)17/h2-5,8-9,16H,6-7,10H2,1H3,(H,22,24). The maximum atomic E-state index is 14.0. The maximum absolute atomic E-state index is 14.0. The van der Waals surface area contributed by atoms with E-state index >= 15 is 0 Å². The van der Waals surface area contributed by atoms with E-state index in [1.807, 2.05) is 0 Å². The fourth-order valence-electron chi connectivity index (χ4n) is 2.73. The van der Waals surface area contributed by atoms with E-state index in [0.717, 1.165) is 34.4 Å². The number of Topliss-reactive ketones (excluding diaryl/α,β-unsaturated/α-hetero) is 1. The van der Waals surface area contributed by atoms with Crippen LogP contribution in [0.5, 0.6) is 0 Å². The zero-order valence-corrected chi connectivity index (χ0v) is 15.7. The van der Waals surface area contributed by atoms with Gasteiger partial charge in [-0.1, -0.05) is 6.07 Å². The number of nitrogens with one attached hydrogen (secondary N) is 1. The summed E-state index contributed by atoms with van der Waals surface area (Å²) in [7, 11) is 0. The molecule has 0 saturated carbocycles. The molecule has 136 valence electrons. The largest absolute Gasteiger partial charge is 0.348 e. The highest BCUT2D eigenvalue weighted by Gasteiger charge is 2.23. The molecule has 0 aliphatic carbocycles. The highest BCUT2D eigenvalue weighted by Crippen LogP contribution is 2.36. The molecule has 1 N–H and O–H groups in total. The molecule has 0 fully saturated rings. The number of benzene rings is 2. The summed E-state index contributed by atoms with van der Waals surface area (Å²) in [6.45, 7) is 1.37. The quantitative estimate of drug-likeness (QED) is 0.595. The van der Waals surface area contributed by atoms with E-state index in [1.165, 1.54) is 31.2 Å². The third-order valence-corrected chi connectivity index (χ3v) is 6.21. The first-order valence-corrected chi connectivity index (χ1v) is 10.1. The van der Waals surface area contributed by atoms with E-state index in [2.05, 4.69) is 5.32 Å². The Morgan fingerprint density at radius 3 is 2.77 bits per heavy atom. The molecule has 0 spiro atoms. The Morgan fingerprint density at radius 2 is 2.04 bits per heavy atom. The minimum absolute atomic E-state index is 0.0463. The van der Waals surface area contributed by atoms with Gasteiger partial charge in [0.15, 0.2) is 5.78 Å². The summed E-state index contributed by atoms with van der Waals surface area (Å²) in [6.07, 6.45) is 0.721. The number of rotatable bonds is 5. The Bertz CT molecular complexity index is 857. The van der Waals surface area contributed by atoms with Crippen molar-refractivity contribution < 1.29 is 18.4 Å². The van der Waals surface area contributed by atoms with E-state index in [4.69, 9.17) is 0 Å². The van der Waals surface area contributed by atoms with Crippen molar-refractivity contribution in [3.05, 3.63) is 59.2 Å². The second kappa shape index (κ2) is 8.22. The average Bonchev–Trinajstić information content (AvgIpc) is 2.61. The molecule has 0 saturated heterocycles. The second-order valence-corrected chi connectivity index (χ2v) is 8.08. The van der Waals surface area contributed by atoms with Crippen LogP contribution in [0.15, 0.2) is 46.2 Å². The van der Waals surface area contributed by atoms with Crippen LogP contribution in [0.3, 0.4) is 0 Å². The van der Waals surface area contributed by atoms with Gasteiger partial charge in [-0.15, -0.1) is 23.5 Å². The van der Waals surface area contributed by atoms with Crippen LogP contribution in [-0.2, 0) is 4.79 Å². The number of hydrogen-bond donors (Lipinski definition) is 1. The Kier molecular flexibility index (Phi) is 5.98. The van der Waals surface area contributed by atoms with Crippen LogP contribution in [0, 0.1) is 11.6 Å². The monoisotopic (exact) mass is 393 g/mol. The molecule has 26 heavy (non-hydrogen) atoms. The van der Waals surface area contributed by atoms with Gasteiger partial charge in [-0.2, -0.15) is 0 Å². The number of fused-ring (bicyclic) bond motifs is 1. The van der Waals surface area contributed by atoms with Gasteiger partial charge in [0.1, 0.15) is 11.6 Å². The Labute approximate surface area is 158 Å². The molecule has 1 heterocycles. The van der Waals surface area contributed by atoms with Gasteiger partial charge in [0.2, 0.25) is 5.91 Å². The number of hydrogen-bond acceptors (Lipinski definition) is 4.